The number of amides is 2. The van der Waals surface area contributed by atoms with Crippen LogP contribution in [0.5, 0.6) is 0 Å². The molecule has 0 spiro atoms. The topological polar surface area (TPSA) is 102 Å². The lowest BCUT2D eigenvalue weighted by atomic mass is 10.2. The predicted octanol–water partition coefficient (Wildman–Crippen LogP) is 3.08. The van der Waals surface area contributed by atoms with E-state index in [9.17, 15) is 27.6 Å². The third-order valence-corrected chi connectivity index (χ3v) is 5.02. The highest BCUT2D eigenvalue weighted by Crippen LogP contribution is 2.39. The zero-order valence-electron chi connectivity index (χ0n) is 17.7. The molecule has 1 saturated carbocycles. The number of para-hydroxylation sites is 1. The average molecular weight is 472 g/mol. The van der Waals surface area contributed by atoms with E-state index in [4.69, 9.17) is 4.74 Å². The van der Waals surface area contributed by atoms with Crippen molar-refractivity contribution in [1.29, 1.82) is 0 Å². The van der Waals surface area contributed by atoms with E-state index in [1.54, 1.807) is 30.3 Å². The first-order chi connectivity index (χ1) is 16.3. The molecule has 1 aromatic heterocycles. The van der Waals surface area contributed by atoms with Crippen LogP contribution in [0.3, 0.4) is 0 Å². The van der Waals surface area contributed by atoms with E-state index in [0.29, 0.717) is 11.8 Å². The highest BCUT2D eigenvalue weighted by Gasteiger charge is 2.29. The van der Waals surface area contributed by atoms with E-state index in [-0.39, 0.29) is 11.6 Å². The van der Waals surface area contributed by atoms with Crippen molar-refractivity contribution in [2.75, 3.05) is 18.5 Å². The quantitative estimate of drug-likeness (QED) is 0.388. The van der Waals surface area contributed by atoms with Crippen LogP contribution in [-0.4, -0.2) is 40.7 Å². The summed E-state index contributed by atoms with van der Waals surface area (Å²) in [6, 6.07) is 12.1. The van der Waals surface area contributed by atoms with Gasteiger partial charge in [0.1, 0.15) is 0 Å². The molecule has 34 heavy (non-hydrogen) atoms. The number of aromatic nitrogens is 2. The van der Waals surface area contributed by atoms with Crippen LogP contribution >= 0.6 is 0 Å². The van der Waals surface area contributed by atoms with E-state index in [1.807, 2.05) is 11.4 Å². The van der Waals surface area contributed by atoms with Gasteiger partial charge >= 0.3 is 5.97 Å². The van der Waals surface area contributed by atoms with Gasteiger partial charge in [-0.3, -0.25) is 9.59 Å². The van der Waals surface area contributed by atoms with Crippen molar-refractivity contribution in [3.05, 3.63) is 77.4 Å². The molecule has 4 rings (SSSR count). The molecular formula is C23H19F3N4O4. The fourth-order valence-corrected chi connectivity index (χ4v) is 3.14. The van der Waals surface area contributed by atoms with Crippen LogP contribution in [0.2, 0.25) is 0 Å². The maximum atomic E-state index is 13.6. The molecule has 0 saturated heterocycles. The molecule has 2 N–H and O–H groups in total. The summed E-state index contributed by atoms with van der Waals surface area (Å²) in [5.41, 5.74) is 1.01. The summed E-state index contributed by atoms with van der Waals surface area (Å²) in [5, 5.41) is 8.70. The normalized spacial score (nSPS) is 12.8. The number of rotatable bonds is 8. The maximum absolute atomic E-state index is 13.6. The maximum Gasteiger partial charge on any atom is 0.357 e. The summed E-state index contributed by atoms with van der Waals surface area (Å²) in [5.74, 6) is -6.85. The molecule has 1 fully saturated rings. The van der Waals surface area contributed by atoms with Crippen LogP contribution in [0.25, 0.3) is 5.69 Å². The minimum Gasteiger partial charge on any atom is -0.451 e. The highest BCUT2D eigenvalue weighted by molar-refractivity contribution is 5.95. The van der Waals surface area contributed by atoms with Gasteiger partial charge in [-0.25, -0.2) is 22.6 Å². The number of nitrogens with one attached hydrogen (secondary N) is 2. The van der Waals surface area contributed by atoms with Gasteiger partial charge in [-0.1, -0.05) is 18.2 Å². The SMILES string of the molecule is O=C(COC(=O)c1cc(C2CC2)nn1-c1ccccc1)NCC(=O)Nc1ccc(F)c(F)c1F. The number of ether oxygens (including phenoxy) is 1. The largest absolute Gasteiger partial charge is 0.451 e. The van der Waals surface area contributed by atoms with E-state index < -0.39 is 54.1 Å². The Labute approximate surface area is 191 Å². The zero-order chi connectivity index (χ0) is 24.2. The Hall–Kier alpha value is -4.15. The summed E-state index contributed by atoms with van der Waals surface area (Å²) in [6.45, 7) is -1.28. The number of carbonyl (C=O) groups excluding carboxylic acids is 3. The second-order valence-electron chi connectivity index (χ2n) is 7.60. The molecule has 3 aromatic rings. The first kappa shape index (κ1) is 23.0. The van der Waals surface area contributed by atoms with E-state index in [2.05, 4.69) is 10.4 Å². The molecule has 2 amide bonds. The molecule has 176 valence electrons. The zero-order valence-corrected chi connectivity index (χ0v) is 17.7. The number of halogens is 3. The van der Waals surface area contributed by atoms with Crippen LogP contribution in [-0.2, 0) is 14.3 Å². The van der Waals surface area contributed by atoms with Crippen molar-refractivity contribution in [3.63, 3.8) is 0 Å². The van der Waals surface area contributed by atoms with Gasteiger partial charge in [0.25, 0.3) is 5.91 Å². The Balaban J connectivity index is 1.32. The Bertz CT molecular complexity index is 1240. The Kier molecular flexibility index (Phi) is 6.62. The van der Waals surface area contributed by atoms with Gasteiger partial charge in [0.05, 0.1) is 23.6 Å². The summed E-state index contributed by atoms with van der Waals surface area (Å²) in [4.78, 5) is 36.5. The van der Waals surface area contributed by atoms with Gasteiger partial charge in [0, 0.05) is 5.92 Å². The summed E-state index contributed by atoms with van der Waals surface area (Å²) >= 11 is 0. The molecule has 0 radical (unpaired) electrons. The lowest BCUT2D eigenvalue weighted by Gasteiger charge is -2.09. The minimum absolute atomic E-state index is 0.160. The number of carbonyl (C=O) groups is 3. The van der Waals surface area contributed by atoms with Crippen molar-refractivity contribution in [2.24, 2.45) is 0 Å². The molecule has 0 atom stereocenters. The Morgan fingerprint density at radius 1 is 1.00 bits per heavy atom. The number of hydrogen-bond donors (Lipinski definition) is 2. The van der Waals surface area contributed by atoms with Gasteiger partial charge < -0.3 is 15.4 Å². The first-order valence-electron chi connectivity index (χ1n) is 10.4. The lowest BCUT2D eigenvalue weighted by molar-refractivity contribution is -0.126. The second-order valence-corrected chi connectivity index (χ2v) is 7.60. The lowest BCUT2D eigenvalue weighted by Crippen LogP contribution is -2.35. The second kappa shape index (κ2) is 9.77. The van der Waals surface area contributed by atoms with Crippen LogP contribution in [0.1, 0.15) is 34.9 Å². The molecule has 0 unspecified atom stereocenters. The van der Waals surface area contributed by atoms with E-state index in [1.165, 1.54) is 4.68 Å². The number of hydrogen-bond acceptors (Lipinski definition) is 5. The van der Waals surface area contributed by atoms with Crippen LogP contribution < -0.4 is 10.6 Å². The summed E-state index contributed by atoms with van der Waals surface area (Å²) in [7, 11) is 0. The number of benzene rings is 2. The Morgan fingerprint density at radius 2 is 1.74 bits per heavy atom. The summed E-state index contributed by atoms with van der Waals surface area (Å²) in [6.07, 6.45) is 1.97. The Morgan fingerprint density at radius 3 is 2.44 bits per heavy atom. The monoisotopic (exact) mass is 472 g/mol. The highest BCUT2D eigenvalue weighted by atomic mass is 19.2. The van der Waals surface area contributed by atoms with Gasteiger partial charge in [0.15, 0.2) is 29.8 Å². The first-order valence-corrected chi connectivity index (χ1v) is 10.4. The molecule has 1 heterocycles. The van der Waals surface area contributed by atoms with Gasteiger partial charge in [0.2, 0.25) is 5.91 Å². The van der Waals surface area contributed by atoms with Crippen molar-refractivity contribution < 1.29 is 32.3 Å². The van der Waals surface area contributed by atoms with Gasteiger partial charge in [-0.05, 0) is 43.2 Å². The molecule has 1 aliphatic rings. The number of anilines is 1. The average Bonchev–Trinajstić information content (AvgIpc) is 3.60. The third kappa shape index (κ3) is 5.25. The number of esters is 1. The third-order valence-electron chi connectivity index (χ3n) is 5.02. The standard InChI is InChI=1S/C23H19F3N4O4/c24-15-8-9-16(22(26)21(15)25)28-19(31)11-27-20(32)12-34-23(33)18-10-17(13-6-7-13)29-30(18)14-4-2-1-3-5-14/h1-5,8-10,13H,6-7,11-12H2,(H,27,32)(H,28,31). The fraction of sp³-hybridized carbons (Fsp3) is 0.217. The minimum atomic E-state index is -1.73. The van der Waals surface area contributed by atoms with Crippen LogP contribution in [0.4, 0.5) is 18.9 Å². The van der Waals surface area contributed by atoms with Crippen molar-refractivity contribution >= 4 is 23.5 Å². The molecule has 0 bridgehead atoms. The van der Waals surface area contributed by atoms with E-state index in [0.717, 1.165) is 24.6 Å². The predicted molar refractivity (Wildman–Crippen MR) is 114 cm³/mol. The van der Waals surface area contributed by atoms with Crippen LogP contribution in [0.15, 0.2) is 48.5 Å². The van der Waals surface area contributed by atoms with Crippen LogP contribution in [0, 0.1) is 17.5 Å². The molecule has 11 heteroatoms. The molecule has 8 nitrogen and oxygen atoms in total. The van der Waals surface area contributed by atoms with Crippen molar-refractivity contribution in [2.45, 2.75) is 18.8 Å². The fourth-order valence-electron chi connectivity index (χ4n) is 3.14. The molecule has 1 aliphatic carbocycles. The molecular weight excluding hydrogens is 453 g/mol. The van der Waals surface area contributed by atoms with Gasteiger partial charge in [-0.15, -0.1) is 0 Å². The molecule has 2 aromatic carbocycles. The van der Waals surface area contributed by atoms with Crippen molar-refractivity contribution in [1.82, 2.24) is 15.1 Å². The van der Waals surface area contributed by atoms with Crippen molar-refractivity contribution in [3.8, 4) is 5.69 Å². The smallest absolute Gasteiger partial charge is 0.357 e. The van der Waals surface area contributed by atoms with Gasteiger partial charge in [-0.2, -0.15) is 5.10 Å². The summed E-state index contributed by atoms with van der Waals surface area (Å²) < 4.78 is 46.3. The number of nitrogens with zero attached hydrogens (tertiary/aromatic N) is 2. The molecule has 0 aliphatic heterocycles. The van der Waals surface area contributed by atoms with E-state index >= 15 is 0 Å².